The Balaban J connectivity index is 1.36. The van der Waals surface area contributed by atoms with Crippen LogP contribution in [0.5, 0.6) is 0 Å². The van der Waals surface area contributed by atoms with Crippen molar-refractivity contribution in [3.8, 4) is 33.4 Å². The Bertz CT molecular complexity index is 2820. The van der Waals surface area contributed by atoms with Gasteiger partial charge in [-0.3, -0.25) is 0 Å². The van der Waals surface area contributed by atoms with Gasteiger partial charge in [0, 0.05) is 10.8 Å². The number of para-hydroxylation sites is 1. The number of hydrogen-bond acceptors (Lipinski definition) is 1. The first-order valence-corrected chi connectivity index (χ1v) is 14.2. The van der Waals surface area contributed by atoms with Gasteiger partial charge >= 0.3 is 0 Å². The highest BCUT2D eigenvalue weighted by Crippen LogP contribution is 2.45. The minimum atomic E-state index is -0.0144. The molecule has 1 nitrogen and oxygen atoms in total. The quantitative estimate of drug-likeness (QED) is 0.198. The molecule has 0 N–H and O–H groups in total. The number of fused-ring (bicyclic) bond motifs is 6. The number of hydrogen-bond donors (Lipinski definition) is 0. The Hall–Kier alpha value is -5.66. The molecule has 0 aliphatic rings. The van der Waals surface area contributed by atoms with E-state index in [4.69, 9.17) is 14.0 Å². The Morgan fingerprint density at radius 2 is 1.05 bits per heavy atom. The van der Waals surface area contributed by atoms with Crippen LogP contribution in [0.2, 0.25) is 0 Å². The Labute approximate surface area is 259 Å². The maximum Gasteiger partial charge on any atom is 0.136 e. The SMILES string of the molecule is [2H]c1cc([2H])c(-c2c3cc([2H])c([2H])cc3c(-c3ccc4c(-c5cccc6oc7ccccc7c56)cccc4c3)c3cc([2H])c([2H])cc23)c([2H])c1. The highest BCUT2D eigenvalue weighted by Gasteiger charge is 2.18. The molecule has 1 heterocycles. The van der Waals surface area contributed by atoms with Crippen LogP contribution in [0.25, 0.3) is 87.6 Å². The molecule has 0 amide bonds. The molecule has 1 heteroatoms. The van der Waals surface area contributed by atoms with Crippen LogP contribution in [0.15, 0.2) is 162 Å². The molecule has 0 atom stereocenters. The average molecular weight is 554 g/mol. The molecule has 0 unspecified atom stereocenters. The molecule has 0 saturated heterocycles. The first-order chi connectivity index (χ1) is 24.2. The molecule has 0 radical (unpaired) electrons. The molecular formula is C42H26O. The minimum absolute atomic E-state index is 0.00784. The van der Waals surface area contributed by atoms with Gasteiger partial charge in [0.15, 0.2) is 0 Å². The number of furan rings is 1. The smallest absolute Gasteiger partial charge is 0.136 e. The molecule has 0 saturated carbocycles. The van der Waals surface area contributed by atoms with Crippen LogP contribution in [-0.4, -0.2) is 0 Å². The highest BCUT2D eigenvalue weighted by molar-refractivity contribution is 6.22. The second-order valence-electron chi connectivity index (χ2n) is 10.7. The van der Waals surface area contributed by atoms with Crippen LogP contribution in [0.1, 0.15) is 9.60 Å². The van der Waals surface area contributed by atoms with Crippen molar-refractivity contribution in [1.82, 2.24) is 0 Å². The van der Waals surface area contributed by atoms with Gasteiger partial charge in [-0.1, -0.05) is 139 Å². The standard InChI is InChI=1S/C42H26O/c1-2-12-27(13-3-1)40-33-15-4-6-17-35(33)41(36-18-7-5-16-34(36)40)29-24-25-30-28(26-29)14-10-20-31(30)32-21-11-23-39-42(32)37-19-8-9-22-38(37)43-39/h1-26H/i1D,4D,5D,6D,7D,12D,13D. The van der Waals surface area contributed by atoms with E-state index in [1.54, 1.807) is 24.3 Å². The molecule has 9 rings (SSSR count). The molecule has 1 aromatic heterocycles. The van der Waals surface area contributed by atoms with E-state index in [-0.39, 0.29) is 47.9 Å². The molecule has 43 heavy (non-hydrogen) atoms. The van der Waals surface area contributed by atoms with Crippen LogP contribution in [0, 0.1) is 0 Å². The van der Waals surface area contributed by atoms with E-state index in [1.165, 1.54) is 12.1 Å². The molecule has 9 aromatic rings. The molecular weight excluding hydrogens is 520 g/mol. The fraction of sp³-hybridized carbons (Fsp3) is 0. The van der Waals surface area contributed by atoms with Gasteiger partial charge in [-0.05, 0) is 83.9 Å². The van der Waals surface area contributed by atoms with E-state index in [1.807, 2.05) is 42.5 Å². The van der Waals surface area contributed by atoms with E-state index in [2.05, 4.69) is 36.4 Å². The van der Waals surface area contributed by atoms with E-state index in [9.17, 15) is 0 Å². The summed E-state index contributed by atoms with van der Waals surface area (Å²) in [6.07, 6.45) is 0. The maximum absolute atomic E-state index is 8.80. The van der Waals surface area contributed by atoms with Gasteiger partial charge in [0.1, 0.15) is 11.2 Å². The fourth-order valence-corrected chi connectivity index (χ4v) is 6.59. The van der Waals surface area contributed by atoms with E-state index in [0.29, 0.717) is 27.1 Å². The summed E-state index contributed by atoms with van der Waals surface area (Å²) >= 11 is 0. The summed E-state index contributed by atoms with van der Waals surface area (Å²) < 4.78 is 66.3. The van der Waals surface area contributed by atoms with Gasteiger partial charge in [0.25, 0.3) is 0 Å². The first kappa shape index (κ1) is 18.0. The summed E-state index contributed by atoms with van der Waals surface area (Å²) in [6.45, 7) is 0. The molecule has 0 spiro atoms. The lowest BCUT2D eigenvalue weighted by Crippen LogP contribution is -1.91. The van der Waals surface area contributed by atoms with Gasteiger partial charge in [0.2, 0.25) is 0 Å². The van der Waals surface area contributed by atoms with Gasteiger partial charge in [-0.25, -0.2) is 0 Å². The highest BCUT2D eigenvalue weighted by atomic mass is 16.3. The third-order valence-electron chi connectivity index (χ3n) is 8.40. The molecule has 0 aliphatic heterocycles. The van der Waals surface area contributed by atoms with Crippen LogP contribution < -0.4 is 0 Å². The summed E-state index contributed by atoms with van der Waals surface area (Å²) in [4.78, 5) is 0. The monoisotopic (exact) mass is 553 g/mol. The minimum Gasteiger partial charge on any atom is -0.456 e. The Kier molecular flexibility index (Phi) is 3.95. The Morgan fingerprint density at radius 3 is 1.79 bits per heavy atom. The van der Waals surface area contributed by atoms with Crippen molar-refractivity contribution in [2.45, 2.75) is 0 Å². The molecule has 0 fully saturated rings. The molecule has 0 aliphatic carbocycles. The first-order valence-electron chi connectivity index (χ1n) is 17.7. The maximum atomic E-state index is 8.80. The van der Waals surface area contributed by atoms with Gasteiger partial charge in [-0.15, -0.1) is 0 Å². The van der Waals surface area contributed by atoms with Crippen LogP contribution in [0.3, 0.4) is 0 Å². The number of benzene rings is 8. The van der Waals surface area contributed by atoms with Crippen LogP contribution >= 0.6 is 0 Å². The summed E-state index contributed by atoms with van der Waals surface area (Å²) in [7, 11) is 0. The second kappa shape index (κ2) is 9.44. The molecule has 8 aromatic carbocycles. The Morgan fingerprint density at radius 1 is 0.419 bits per heavy atom. The summed E-state index contributed by atoms with van der Waals surface area (Å²) in [6, 6.07) is 35.9. The molecule has 0 bridgehead atoms. The topological polar surface area (TPSA) is 13.1 Å². The van der Waals surface area contributed by atoms with E-state index < -0.39 is 0 Å². The third-order valence-corrected chi connectivity index (χ3v) is 8.40. The van der Waals surface area contributed by atoms with Crippen LogP contribution in [0.4, 0.5) is 0 Å². The van der Waals surface area contributed by atoms with Crippen LogP contribution in [-0.2, 0) is 0 Å². The van der Waals surface area contributed by atoms with E-state index in [0.717, 1.165) is 55.0 Å². The summed E-state index contributed by atoms with van der Waals surface area (Å²) in [5.41, 5.74) is 6.10. The predicted octanol–water partition coefficient (Wildman–Crippen LogP) is 12.0. The normalized spacial score (nSPS) is 14.0. The second-order valence-corrected chi connectivity index (χ2v) is 10.7. The predicted molar refractivity (Wildman–Crippen MR) is 183 cm³/mol. The van der Waals surface area contributed by atoms with Gasteiger partial charge in [-0.2, -0.15) is 0 Å². The lowest BCUT2D eigenvalue weighted by molar-refractivity contribution is 0.669. The van der Waals surface area contributed by atoms with Gasteiger partial charge < -0.3 is 4.42 Å². The van der Waals surface area contributed by atoms with Crippen molar-refractivity contribution in [3.05, 3.63) is 158 Å². The summed E-state index contributed by atoms with van der Waals surface area (Å²) in [5.74, 6) is 0. The fourth-order valence-electron chi connectivity index (χ4n) is 6.59. The van der Waals surface area contributed by atoms with Gasteiger partial charge in [0.05, 0.1) is 9.60 Å². The van der Waals surface area contributed by atoms with Crippen molar-refractivity contribution in [3.63, 3.8) is 0 Å². The zero-order chi connectivity index (χ0) is 34.4. The van der Waals surface area contributed by atoms with Crippen molar-refractivity contribution in [2.24, 2.45) is 0 Å². The largest absolute Gasteiger partial charge is 0.456 e. The zero-order valence-corrected chi connectivity index (χ0v) is 22.9. The lowest BCUT2D eigenvalue weighted by atomic mass is 9.85. The van der Waals surface area contributed by atoms with E-state index >= 15 is 0 Å². The molecule has 200 valence electrons. The van der Waals surface area contributed by atoms with Crippen molar-refractivity contribution in [2.75, 3.05) is 0 Å². The average Bonchev–Trinajstić information content (AvgIpc) is 3.48. The summed E-state index contributed by atoms with van der Waals surface area (Å²) in [5, 5.41) is 6.54. The van der Waals surface area contributed by atoms with Crippen molar-refractivity contribution < 1.29 is 14.0 Å². The zero-order valence-electron chi connectivity index (χ0n) is 29.9. The number of rotatable bonds is 3. The van der Waals surface area contributed by atoms with Crippen molar-refractivity contribution in [1.29, 1.82) is 0 Å². The lowest BCUT2D eigenvalue weighted by Gasteiger charge is -2.18. The van der Waals surface area contributed by atoms with Crippen molar-refractivity contribution >= 4 is 54.3 Å². The third kappa shape index (κ3) is 3.65.